The van der Waals surface area contributed by atoms with Gasteiger partial charge >= 0.3 is 0 Å². The summed E-state index contributed by atoms with van der Waals surface area (Å²) in [5, 5.41) is 6.60. The van der Waals surface area contributed by atoms with E-state index in [0.717, 1.165) is 31.2 Å². The zero-order valence-corrected chi connectivity index (χ0v) is 14.9. The molecular weight excluding hydrogens is 387 g/mol. The van der Waals surface area contributed by atoms with Crippen molar-refractivity contribution in [2.75, 3.05) is 44.7 Å². The number of rotatable bonds is 5. The summed E-state index contributed by atoms with van der Waals surface area (Å²) in [4.78, 5) is 6.70. The third-order valence-electron chi connectivity index (χ3n) is 3.09. The van der Waals surface area contributed by atoms with E-state index in [2.05, 4.69) is 20.5 Å². The first-order chi connectivity index (χ1) is 9.38. The second-order valence-corrected chi connectivity index (χ2v) is 5.66. The van der Waals surface area contributed by atoms with E-state index in [9.17, 15) is 0 Å². The Labute approximate surface area is 142 Å². The van der Waals surface area contributed by atoms with Crippen LogP contribution in [0.2, 0.25) is 0 Å². The van der Waals surface area contributed by atoms with E-state index in [-0.39, 0.29) is 24.0 Å². The van der Waals surface area contributed by atoms with Gasteiger partial charge in [-0.05, 0) is 6.07 Å². The largest absolute Gasteiger partial charge is 0.472 e. The first-order valence-electron chi connectivity index (χ1n) is 6.64. The van der Waals surface area contributed by atoms with Crippen LogP contribution in [-0.4, -0.2) is 55.6 Å². The van der Waals surface area contributed by atoms with Crippen molar-refractivity contribution in [3.8, 4) is 0 Å². The molecule has 5 nitrogen and oxygen atoms in total. The molecule has 2 heterocycles. The molecule has 2 N–H and O–H groups in total. The van der Waals surface area contributed by atoms with Crippen LogP contribution in [0.5, 0.6) is 0 Å². The summed E-state index contributed by atoms with van der Waals surface area (Å²) in [6.07, 6.45) is 3.42. The van der Waals surface area contributed by atoms with Crippen LogP contribution in [0, 0.1) is 0 Å². The lowest BCUT2D eigenvalue weighted by Crippen LogP contribution is -2.43. The molecule has 0 amide bonds. The summed E-state index contributed by atoms with van der Waals surface area (Å²) < 4.78 is 5.03. The average Bonchev–Trinajstić information content (AvgIpc) is 2.97. The Bertz CT molecular complexity index is 380. The number of guanidine groups is 1. The lowest BCUT2D eigenvalue weighted by atomic mass is 10.3. The molecule has 114 valence electrons. The van der Waals surface area contributed by atoms with E-state index in [4.69, 9.17) is 4.42 Å². The lowest BCUT2D eigenvalue weighted by Gasteiger charge is -2.26. The molecule has 7 heteroatoms. The fraction of sp³-hybridized carbons (Fsp3) is 0.615. The van der Waals surface area contributed by atoms with Crippen molar-refractivity contribution in [1.82, 2.24) is 15.5 Å². The maximum Gasteiger partial charge on any atom is 0.191 e. The van der Waals surface area contributed by atoms with Crippen LogP contribution < -0.4 is 10.6 Å². The molecule has 0 spiro atoms. The molecule has 0 bridgehead atoms. The molecule has 0 unspecified atom stereocenters. The van der Waals surface area contributed by atoms with Gasteiger partial charge in [0.15, 0.2) is 5.96 Å². The number of nitrogens with one attached hydrogen (secondary N) is 2. The third kappa shape index (κ3) is 6.36. The summed E-state index contributed by atoms with van der Waals surface area (Å²) in [6.45, 7) is 5.14. The van der Waals surface area contributed by atoms with Crippen molar-refractivity contribution >= 4 is 41.7 Å². The van der Waals surface area contributed by atoms with Crippen molar-refractivity contribution in [2.45, 2.75) is 6.54 Å². The molecule has 1 fully saturated rings. The minimum absolute atomic E-state index is 0. The molecule has 0 atom stereocenters. The van der Waals surface area contributed by atoms with E-state index in [1.165, 1.54) is 24.6 Å². The fourth-order valence-electron chi connectivity index (χ4n) is 1.96. The standard InChI is InChI=1S/C13H22N4OS.HI/c1-14-13(16-10-12-2-7-18-11-12)15-3-4-17-5-8-19-9-6-17;/h2,7,11H,3-6,8-10H2,1H3,(H2,14,15,16);1H. The van der Waals surface area contributed by atoms with Gasteiger partial charge < -0.3 is 15.1 Å². The predicted molar refractivity (Wildman–Crippen MR) is 96.1 cm³/mol. The van der Waals surface area contributed by atoms with Gasteiger partial charge in [-0.25, -0.2) is 0 Å². The fourth-order valence-corrected chi connectivity index (χ4v) is 2.94. The Hall–Kier alpha value is -0.410. The Morgan fingerprint density at radius 2 is 2.20 bits per heavy atom. The van der Waals surface area contributed by atoms with Gasteiger partial charge in [0.05, 0.1) is 12.5 Å². The van der Waals surface area contributed by atoms with Crippen molar-refractivity contribution < 1.29 is 4.42 Å². The molecule has 20 heavy (non-hydrogen) atoms. The Balaban J connectivity index is 0.00000200. The van der Waals surface area contributed by atoms with Gasteiger partial charge in [0.25, 0.3) is 0 Å². The lowest BCUT2D eigenvalue weighted by molar-refractivity contribution is 0.307. The third-order valence-corrected chi connectivity index (χ3v) is 4.03. The Morgan fingerprint density at radius 1 is 1.40 bits per heavy atom. The summed E-state index contributed by atoms with van der Waals surface area (Å²) in [6, 6.07) is 1.95. The van der Waals surface area contributed by atoms with Gasteiger partial charge in [0.2, 0.25) is 0 Å². The van der Waals surface area contributed by atoms with Gasteiger partial charge in [-0.15, -0.1) is 24.0 Å². The average molecular weight is 410 g/mol. The molecule has 1 aliphatic heterocycles. The minimum Gasteiger partial charge on any atom is -0.472 e. The summed E-state index contributed by atoms with van der Waals surface area (Å²) >= 11 is 2.04. The normalized spacial score (nSPS) is 16.6. The summed E-state index contributed by atoms with van der Waals surface area (Å²) in [7, 11) is 1.79. The van der Waals surface area contributed by atoms with Crippen LogP contribution in [0.1, 0.15) is 5.56 Å². The molecule has 1 saturated heterocycles. The topological polar surface area (TPSA) is 52.8 Å². The maximum absolute atomic E-state index is 5.03. The number of nitrogens with zero attached hydrogens (tertiary/aromatic N) is 2. The molecule has 1 aromatic heterocycles. The van der Waals surface area contributed by atoms with Gasteiger partial charge in [0.1, 0.15) is 0 Å². The van der Waals surface area contributed by atoms with Crippen LogP contribution >= 0.6 is 35.7 Å². The zero-order valence-electron chi connectivity index (χ0n) is 11.8. The Morgan fingerprint density at radius 3 is 2.85 bits per heavy atom. The van der Waals surface area contributed by atoms with Gasteiger partial charge in [-0.2, -0.15) is 11.8 Å². The van der Waals surface area contributed by atoms with E-state index in [1.54, 1.807) is 19.6 Å². The van der Waals surface area contributed by atoms with Gasteiger partial charge in [-0.1, -0.05) is 0 Å². The number of thioether (sulfide) groups is 1. The van der Waals surface area contributed by atoms with Gasteiger partial charge in [0, 0.05) is 56.8 Å². The highest BCUT2D eigenvalue weighted by Crippen LogP contribution is 2.07. The van der Waals surface area contributed by atoms with E-state index < -0.39 is 0 Å². The monoisotopic (exact) mass is 410 g/mol. The molecule has 0 aliphatic carbocycles. The zero-order chi connectivity index (χ0) is 13.3. The number of aliphatic imine (C=N–C) groups is 1. The first-order valence-corrected chi connectivity index (χ1v) is 7.79. The second-order valence-electron chi connectivity index (χ2n) is 4.44. The van der Waals surface area contributed by atoms with Gasteiger partial charge in [-0.3, -0.25) is 9.89 Å². The molecular formula is C13H23IN4OS. The van der Waals surface area contributed by atoms with Crippen molar-refractivity contribution in [1.29, 1.82) is 0 Å². The molecule has 1 aliphatic rings. The smallest absolute Gasteiger partial charge is 0.191 e. The van der Waals surface area contributed by atoms with E-state index in [1.807, 2.05) is 17.8 Å². The van der Waals surface area contributed by atoms with Crippen molar-refractivity contribution in [3.63, 3.8) is 0 Å². The molecule has 2 rings (SSSR count). The molecule has 0 saturated carbocycles. The number of furan rings is 1. The van der Waals surface area contributed by atoms with E-state index in [0.29, 0.717) is 0 Å². The van der Waals surface area contributed by atoms with Crippen LogP contribution in [-0.2, 0) is 6.54 Å². The first kappa shape index (κ1) is 17.6. The quantitative estimate of drug-likeness (QED) is 0.439. The van der Waals surface area contributed by atoms with Crippen LogP contribution in [0.3, 0.4) is 0 Å². The predicted octanol–water partition coefficient (Wildman–Crippen LogP) is 1.61. The number of hydrogen-bond acceptors (Lipinski definition) is 4. The number of halogens is 1. The highest BCUT2D eigenvalue weighted by atomic mass is 127. The minimum atomic E-state index is 0. The van der Waals surface area contributed by atoms with Crippen LogP contribution in [0.4, 0.5) is 0 Å². The van der Waals surface area contributed by atoms with E-state index >= 15 is 0 Å². The highest BCUT2D eigenvalue weighted by Gasteiger charge is 2.09. The summed E-state index contributed by atoms with van der Waals surface area (Å²) in [5.74, 6) is 3.36. The molecule has 0 aromatic carbocycles. The molecule has 0 radical (unpaired) electrons. The van der Waals surface area contributed by atoms with Crippen LogP contribution in [0.15, 0.2) is 28.0 Å². The number of hydrogen-bond donors (Lipinski definition) is 2. The second kappa shape index (κ2) is 10.3. The highest BCUT2D eigenvalue weighted by molar-refractivity contribution is 14.0. The summed E-state index contributed by atoms with van der Waals surface area (Å²) in [5.41, 5.74) is 1.12. The molecule has 1 aromatic rings. The van der Waals surface area contributed by atoms with Crippen molar-refractivity contribution in [3.05, 3.63) is 24.2 Å². The van der Waals surface area contributed by atoms with Crippen LogP contribution in [0.25, 0.3) is 0 Å². The van der Waals surface area contributed by atoms with Crippen molar-refractivity contribution in [2.24, 2.45) is 4.99 Å². The SMILES string of the molecule is CN=C(NCCN1CCSCC1)NCc1ccoc1.I. The Kier molecular flexibility index (Phi) is 9.12. The maximum atomic E-state index is 5.03.